The van der Waals surface area contributed by atoms with E-state index in [-0.39, 0.29) is 41.1 Å². The molecule has 0 amide bonds. The third-order valence-electron chi connectivity index (χ3n) is 6.98. The van der Waals surface area contributed by atoms with Gasteiger partial charge in [-0.05, 0) is 17.7 Å². The molecule has 0 fully saturated rings. The Morgan fingerprint density at radius 2 is 1.02 bits per heavy atom. The second-order valence-corrected chi connectivity index (χ2v) is 10.2. The largest absolute Gasteiger partial charge is 0.507 e. The number of phenols is 1. The van der Waals surface area contributed by atoms with Crippen LogP contribution < -0.4 is 14.9 Å². The minimum Gasteiger partial charge on any atom is -0.507 e. The molecule has 1 heterocycles. The van der Waals surface area contributed by atoms with E-state index in [9.17, 15) is 76.7 Å². The van der Waals surface area contributed by atoms with Gasteiger partial charge in [0.2, 0.25) is 5.43 Å². The van der Waals surface area contributed by atoms with Crippen LogP contribution in [0.4, 0.5) is 49.1 Å². The number of fused-ring (bicyclic) bond motifs is 1. The number of phenolic OH excluding ortho intramolecular Hbond substituents is 1. The number of hydrogen-bond acceptors (Lipinski definition) is 13. The number of halogens is 6. The summed E-state index contributed by atoms with van der Waals surface area (Å²) in [5, 5.41) is 56.1. The Balaban J connectivity index is 1.51. The molecule has 0 spiro atoms. The molecule has 0 aliphatic carbocycles. The van der Waals surface area contributed by atoms with Gasteiger partial charge in [-0.15, -0.1) is 0 Å². The summed E-state index contributed by atoms with van der Waals surface area (Å²) in [6.07, 6.45) is -9.55. The lowest BCUT2D eigenvalue weighted by Gasteiger charge is -2.12. The predicted molar refractivity (Wildman–Crippen MR) is 159 cm³/mol. The first-order valence-electron chi connectivity index (χ1n) is 13.5. The Bertz CT molecular complexity index is 2320. The van der Waals surface area contributed by atoms with Crippen molar-refractivity contribution in [2.45, 2.75) is 12.4 Å². The lowest BCUT2D eigenvalue weighted by Crippen LogP contribution is -2.08. The van der Waals surface area contributed by atoms with Crippen molar-refractivity contribution < 1.29 is 65.0 Å². The fourth-order valence-corrected chi connectivity index (χ4v) is 4.68. The first-order chi connectivity index (χ1) is 24.2. The Morgan fingerprint density at radius 3 is 1.40 bits per heavy atom. The highest BCUT2D eigenvalue weighted by Crippen LogP contribution is 2.47. The van der Waals surface area contributed by atoms with Gasteiger partial charge in [-0.25, -0.2) is 0 Å². The van der Waals surface area contributed by atoms with Crippen molar-refractivity contribution in [3.05, 3.63) is 129 Å². The lowest BCUT2D eigenvalue weighted by molar-refractivity contribution is -0.396. The van der Waals surface area contributed by atoms with E-state index in [2.05, 4.69) is 0 Å². The third-order valence-corrected chi connectivity index (χ3v) is 6.98. The summed E-state index contributed by atoms with van der Waals surface area (Å²) in [7, 11) is 0. The monoisotopic (exact) mass is 738 g/mol. The second-order valence-electron chi connectivity index (χ2n) is 10.2. The fourth-order valence-electron chi connectivity index (χ4n) is 4.68. The highest BCUT2D eigenvalue weighted by molar-refractivity contribution is 5.88. The Labute approximate surface area is 280 Å². The molecular weight excluding hydrogens is 726 g/mol. The van der Waals surface area contributed by atoms with Gasteiger partial charge in [0.15, 0.2) is 0 Å². The van der Waals surface area contributed by atoms with E-state index in [4.69, 9.17) is 13.9 Å². The molecule has 1 aromatic heterocycles. The van der Waals surface area contributed by atoms with Crippen LogP contribution in [0.2, 0.25) is 0 Å². The van der Waals surface area contributed by atoms with Crippen molar-refractivity contribution in [3.8, 4) is 39.9 Å². The summed E-state index contributed by atoms with van der Waals surface area (Å²) in [5.41, 5.74) is -10.7. The molecular formula is C29H12F6N4O13. The van der Waals surface area contributed by atoms with Gasteiger partial charge >= 0.3 is 35.1 Å². The molecule has 4 aromatic carbocycles. The van der Waals surface area contributed by atoms with Crippen molar-refractivity contribution in [1.82, 2.24) is 0 Å². The number of nitro groups is 4. The number of hydrogen-bond donors (Lipinski definition) is 1. The zero-order valence-corrected chi connectivity index (χ0v) is 24.8. The molecule has 0 unspecified atom stereocenters. The number of benzene rings is 4. The van der Waals surface area contributed by atoms with Crippen LogP contribution in [-0.4, -0.2) is 24.8 Å². The molecule has 5 rings (SSSR count). The molecule has 23 heteroatoms. The molecule has 0 bridgehead atoms. The van der Waals surface area contributed by atoms with Crippen molar-refractivity contribution in [2.24, 2.45) is 0 Å². The van der Waals surface area contributed by atoms with Gasteiger partial charge in [-0.2, -0.15) is 26.3 Å². The van der Waals surface area contributed by atoms with E-state index < -0.39 is 105 Å². The van der Waals surface area contributed by atoms with Crippen LogP contribution in [0.3, 0.4) is 0 Å². The number of rotatable bonds is 9. The van der Waals surface area contributed by atoms with E-state index in [1.807, 2.05) is 0 Å². The number of nitrogens with zero attached hydrogens (tertiary/aromatic N) is 4. The third kappa shape index (κ3) is 6.89. The number of alkyl halides is 6. The maximum absolute atomic E-state index is 13.3. The normalized spacial score (nSPS) is 11.7. The topological polar surface area (TPSA) is 241 Å². The van der Waals surface area contributed by atoms with Gasteiger partial charge in [0.05, 0.1) is 36.4 Å². The molecule has 0 saturated heterocycles. The van der Waals surface area contributed by atoms with E-state index in [0.717, 1.165) is 36.6 Å². The van der Waals surface area contributed by atoms with Crippen LogP contribution in [0.5, 0.6) is 28.7 Å². The Hall–Kier alpha value is -7.33. The molecule has 0 radical (unpaired) electrons. The average Bonchev–Trinajstić information content (AvgIpc) is 3.03. The van der Waals surface area contributed by atoms with Crippen molar-refractivity contribution in [3.63, 3.8) is 0 Å². The molecule has 17 nitrogen and oxygen atoms in total. The van der Waals surface area contributed by atoms with Crippen LogP contribution in [0, 0.1) is 40.5 Å². The summed E-state index contributed by atoms with van der Waals surface area (Å²) in [6, 6.07) is 5.92. The molecule has 0 saturated carbocycles. The standard InChI is InChI=1S/C29H12F6N4O13/c30-28(31,32)13-5-18(36(42)43)26(19(6-13)37(44)45)51-15-3-1-12(2-4-15)17-11-50-23-10-16(9-22(40)24(23)25(17)41)52-27-20(38(46)47)7-14(29(33,34)35)8-21(27)39(48)49/h1-11,40H. The number of nitro benzene ring substituents is 4. The van der Waals surface area contributed by atoms with Gasteiger partial charge in [0, 0.05) is 36.4 Å². The minimum atomic E-state index is -5.21. The molecule has 0 atom stereocenters. The highest BCUT2D eigenvalue weighted by atomic mass is 19.4. The zero-order valence-electron chi connectivity index (χ0n) is 24.8. The smallest absolute Gasteiger partial charge is 0.416 e. The Morgan fingerprint density at radius 1 is 0.615 bits per heavy atom. The van der Waals surface area contributed by atoms with Gasteiger partial charge in [-0.1, -0.05) is 12.1 Å². The van der Waals surface area contributed by atoms with Gasteiger partial charge in [0.1, 0.15) is 34.5 Å². The van der Waals surface area contributed by atoms with Crippen LogP contribution >= 0.6 is 0 Å². The highest BCUT2D eigenvalue weighted by Gasteiger charge is 2.40. The summed E-state index contributed by atoms with van der Waals surface area (Å²) >= 11 is 0. The maximum Gasteiger partial charge on any atom is 0.416 e. The number of aromatic hydroxyl groups is 1. The minimum absolute atomic E-state index is 0.00202. The van der Waals surface area contributed by atoms with Gasteiger partial charge < -0.3 is 19.0 Å². The van der Waals surface area contributed by atoms with Crippen molar-refractivity contribution in [2.75, 3.05) is 0 Å². The SMILES string of the molecule is O=c1c(-c2ccc(Oc3c([N+](=O)[O-])cc(C(F)(F)F)cc3[N+](=O)[O-])cc2)coc2cc(Oc3c([N+](=O)[O-])cc(C(F)(F)F)cc3[N+](=O)[O-])cc(O)c12. The molecule has 268 valence electrons. The molecule has 52 heavy (non-hydrogen) atoms. The van der Waals surface area contributed by atoms with Crippen LogP contribution in [0.25, 0.3) is 22.1 Å². The summed E-state index contributed by atoms with van der Waals surface area (Å²) < 4.78 is 95.2. The lowest BCUT2D eigenvalue weighted by atomic mass is 10.0. The molecule has 5 aromatic rings. The first kappa shape index (κ1) is 36.0. The first-order valence-corrected chi connectivity index (χ1v) is 13.5. The summed E-state index contributed by atoms with van der Waals surface area (Å²) in [6.45, 7) is 0. The van der Waals surface area contributed by atoms with E-state index in [1.54, 1.807) is 0 Å². The maximum atomic E-state index is 13.3. The van der Waals surface area contributed by atoms with E-state index >= 15 is 0 Å². The van der Waals surface area contributed by atoms with Gasteiger partial charge in [0.25, 0.3) is 11.5 Å². The van der Waals surface area contributed by atoms with Crippen LogP contribution in [0.15, 0.2) is 76.1 Å². The van der Waals surface area contributed by atoms with Crippen molar-refractivity contribution >= 4 is 33.7 Å². The molecule has 1 N–H and O–H groups in total. The van der Waals surface area contributed by atoms with E-state index in [1.165, 1.54) is 0 Å². The van der Waals surface area contributed by atoms with Gasteiger partial charge in [-0.3, -0.25) is 45.3 Å². The second kappa shape index (κ2) is 12.8. The Kier molecular flexibility index (Phi) is 8.89. The molecule has 0 aliphatic rings. The fraction of sp³-hybridized carbons (Fsp3) is 0.0690. The summed E-state index contributed by atoms with van der Waals surface area (Å²) in [4.78, 5) is 54.0. The average molecular weight is 738 g/mol. The quantitative estimate of drug-likeness (QED) is 0.0849. The summed E-state index contributed by atoms with van der Waals surface area (Å²) in [5.74, 6) is -4.29. The number of ether oxygens (including phenoxy) is 2. The zero-order chi connectivity index (χ0) is 38.4. The van der Waals surface area contributed by atoms with Crippen LogP contribution in [-0.2, 0) is 12.4 Å². The van der Waals surface area contributed by atoms with Crippen LogP contribution in [0.1, 0.15) is 11.1 Å². The molecule has 0 aliphatic heterocycles. The predicted octanol–water partition coefficient (Wildman–Crippen LogP) is 8.42. The van der Waals surface area contributed by atoms with Crippen molar-refractivity contribution in [1.29, 1.82) is 0 Å². The van der Waals surface area contributed by atoms with E-state index in [0.29, 0.717) is 6.07 Å².